The number of para-hydroxylation sites is 1. The molecule has 0 radical (unpaired) electrons. The van der Waals surface area contributed by atoms with E-state index >= 15 is 0 Å². The number of primary amides is 1. The SMILES string of the molecule is NC(=O)c1ccccc1OCc1nc(-c2ccccc2)no1. The van der Waals surface area contributed by atoms with Gasteiger partial charge in [0, 0.05) is 5.56 Å². The van der Waals surface area contributed by atoms with Gasteiger partial charge in [-0.3, -0.25) is 4.79 Å². The molecule has 0 saturated carbocycles. The van der Waals surface area contributed by atoms with Crippen LogP contribution in [0.3, 0.4) is 0 Å². The normalized spacial score (nSPS) is 10.4. The number of hydrogen-bond donors (Lipinski definition) is 1. The van der Waals surface area contributed by atoms with Crippen molar-refractivity contribution in [3.63, 3.8) is 0 Å². The van der Waals surface area contributed by atoms with Crippen LogP contribution < -0.4 is 10.5 Å². The zero-order valence-electron chi connectivity index (χ0n) is 11.6. The Morgan fingerprint density at radius 1 is 1.09 bits per heavy atom. The zero-order chi connectivity index (χ0) is 15.4. The molecule has 110 valence electrons. The van der Waals surface area contributed by atoms with Crippen LogP contribution in [0.4, 0.5) is 0 Å². The number of aromatic nitrogens is 2. The monoisotopic (exact) mass is 295 g/mol. The maximum atomic E-state index is 11.3. The van der Waals surface area contributed by atoms with Gasteiger partial charge < -0.3 is 15.0 Å². The van der Waals surface area contributed by atoms with Gasteiger partial charge in [0.05, 0.1) is 5.56 Å². The van der Waals surface area contributed by atoms with E-state index in [9.17, 15) is 4.79 Å². The summed E-state index contributed by atoms with van der Waals surface area (Å²) >= 11 is 0. The van der Waals surface area contributed by atoms with E-state index in [1.54, 1.807) is 24.3 Å². The van der Waals surface area contributed by atoms with Gasteiger partial charge in [0.1, 0.15) is 5.75 Å². The molecule has 1 aromatic heterocycles. The Labute approximate surface area is 126 Å². The zero-order valence-corrected chi connectivity index (χ0v) is 11.6. The highest BCUT2D eigenvalue weighted by molar-refractivity contribution is 5.95. The molecule has 22 heavy (non-hydrogen) atoms. The first kappa shape index (κ1) is 13.8. The van der Waals surface area contributed by atoms with Crippen molar-refractivity contribution in [2.45, 2.75) is 6.61 Å². The number of nitrogens with zero attached hydrogens (tertiary/aromatic N) is 2. The summed E-state index contributed by atoms with van der Waals surface area (Å²) in [6.07, 6.45) is 0. The standard InChI is InChI=1S/C16H13N3O3/c17-15(20)12-8-4-5-9-13(12)21-10-14-18-16(19-22-14)11-6-2-1-3-7-11/h1-9H,10H2,(H2,17,20). The van der Waals surface area contributed by atoms with Gasteiger partial charge in [0.2, 0.25) is 5.82 Å². The van der Waals surface area contributed by atoms with Crippen molar-refractivity contribution in [3.8, 4) is 17.1 Å². The predicted molar refractivity (Wildman–Crippen MR) is 79.0 cm³/mol. The minimum atomic E-state index is -0.550. The fraction of sp³-hybridized carbons (Fsp3) is 0.0625. The van der Waals surface area contributed by atoms with E-state index in [4.69, 9.17) is 15.0 Å². The van der Waals surface area contributed by atoms with Gasteiger partial charge in [-0.25, -0.2) is 0 Å². The molecular formula is C16H13N3O3. The quantitative estimate of drug-likeness (QED) is 0.780. The van der Waals surface area contributed by atoms with Crippen LogP contribution in [-0.2, 0) is 6.61 Å². The van der Waals surface area contributed by atoms with Gasteiger partial charge in [-0.15, -0.1) is 0 Å². The summed E-state index contributed by atoms with van der Waals surface area (Å²) in [6.45, 7) is 0.0596. The van der Waals surface area contributed by atoms with E-state index in [1.165, 1.54) is 0 Å². The number of carbonyl (C=O) groups excluding carboxylic acids is 1. The van der Waals surface area contributed by atoms with Gasteiger partial charge in [-0.1, -0.05) is 47.6 Å². The number of benzene rings is 2. The molecule has 0 fully saturated rings. The van der Waals surface area contributed by atoms with Gasteiger partial charge >= 0.3 is 0 Å². The molecule has 2 aromatic carbocycles. The molecule has 0 aliphatic rings. The fourth-order valence-electron chi connectivity index (χ4n) is 1.95. The third kappa shape index (κ3) is 2.95. The minimum absolute atomic E-state index is 0.0596. The van der Waals surface area contributed by atoms with Crippen molar-refractivity contribution >= 4 is 5.91 Å². The van der Waals surface area contributed by atoms with Crippen LogP contribution in [0.2, 0.25) is 0 Å². The fourth-order valence-corrected chi connectivity index (χ4v) is 1.95. The number of amides is 1. The Bertz CT molecular complexity index is 784. The maximum absolute atomic E-state index is 11.3. The first-order valence-electron chi connectivity index (χ1n) is 6.63. The largest absolute Gasteiger partial charge is 0.483 e. The third-order valence-corrected chi connectivity index (χ3v) is 3.00. The van der Waals surface area contributed by atoms with E-state index in [0.717, 1.165) is 5.56 Å². The van der Waals surface area contributed by atoms with E-state index in [-0.39, 0.29) is 6.61 Å². The summed E-state index contributed by atoms with van der Waals surface area (Å²) in [6, 6.07) is 16.2. The number of nitrogens with two attached hydrogens (primary N) is 1. The summed E-state index contributed by atoms with van der Waals surface area (Å²) in [5, 5.41) is 3.90. The highest BCUT2D eigenvalue weighted by Gasteiger charge is 2.12. The van der Waals surface area contributed by atoms with Gasteiger partial charge in [-0.2, -0.15) is 4.98 Å². The molecule has 0 bridgehead atoms. The van der Waals surface area contributed by atoms with Crippen LogP contribution in [0.5, 0.6) is 5.75 Å². The summed E-state index contributed by atoms with van der Waals surface area (Å²) < 4.78 is 10.7. The van der Waals surface area contributed by atoms with E-state index in [0.29, 0.717) is 23.0 Å². The van der Waals surface area contributed by atoms with E-state index in [1.807, 2.05) is 30.3 Å². The Morgan fingerprint density at radius 2 is 1.82 bits per heavy atom. The lowest BCUT2D eigenvalue weighted by atomic mass is 10.2. The van der Waals surface area contributed by atoms with Gasteiger partial charge in [0.15, 0.2) is 6.61 Å². The summed E-state index contributed by atoms with van der Waals surface area (Å²) in [5.41, 5.74) is 6.46. The molecule has 0 aliphatic heterocycles. The van der Waals surface area contributed by atoms with Crippen LogP contribution in [0, 0.1) is 0 Å². The lowest BCUT2D eigenvalue weighted by Crippen LogP contribution is -2.12. The molecule has 0 atom stereocenters. The second-order valence-corrected chi connectivity index (χ2v) is 4.53. The van der Waals surface area contributed by atoms with Crippen molar-refractivity contribution in [1.82, 2.24) is 10.1 Å². The van der Waals surface area contributed by atoms with Gasteiger partial charge in [-0.05, 0) is 12.1 Å². The summed E-state index contributed by atoms with van der Waals surface area (Å²) in [5.74, 6) is 0.640. The van der Waals surface area contributed by atoms with Gasteiger partial charge in [0.25, 0.3) is 11.8 Å². The lowest BCUT2D eigenvalue weighted by Gasteiger charge is -2.06. The molecule has 3 rings (SSSR count). The van der Waals surface area contributed by atoms with Crippen LogP contribution in [-0.4, -0.2) is 16.0 Å². The molecule has 0 aliphatic carbocycles. The lowest BCUT2D eigenvalue weighted by molar-refractivity contribution is 0.0995. The Hall–Kier alpha value is -3.15. The Morgan fingerprint density at radius 3 is 2.59 bits per heavy atom. The van der Waals surface area contributed by atoms with Crippen LogP contribution >= 0.6 is 0 Å². The Kier molecular flexibility index (Phi) is 3.82. The molecule has 0 spiro atoms. The molecule has 3 aromatic rings. The van der Waals surface area contributed by atoms with Crippen molar-refractivity contribution in [2.75, 3.05) is 0 Å². The van der Waals surface area contributed by atoms with Crippen LogP contribution in [0.15, 0.2) is 59.1 Å². The molecular weight excluding hydrogens is 282 g/mol. The maximum Gasteiger partial charge on any atom is 0.264 e. The molecule has 1 amide bonds. The minimum Gasteiger partial charge on any atom is -0.483 e. The average molecular weight is 295 g/mol. The summed E-state index contributed by atoms with van der Waals surface area (Å²) in [7, 11) is 0. The van der Waals surface area contributed by atoms with E-state index in [2.05, 4.69) is 10.1 Å². The van der Waals surface area contributed by atoms with Crippen LogP contribution in [0.1, 0.15) is 16.2 Å². The van der Waals surface area contributed by atoms with Crippen molar-refractivity contribution < 1.29 is 14.1 Å². The molecule has 1 heterocycles. The average Bonchev–Trinajstić information content (AvgIpc) is 3.03. The smallest absolute Gasteiger partial charge is 0.264 e. The molecule has 2 N–H and O–H groups in total. The summed E-state index contributed by atoms with van der Waals surface area (Å²) in [4.78, 5) is 15.6. The predicted octanol–water partition coefficient (Wildman–Crippen LogP) is 2.41. The number of carbonyl (C=O) groups is 1. The van der Waals surface area contributed by atoms with Crippen molar-refractivity contribution in [2.24, 2.45) is 5.73 Å². The molecule has 6 nitrogen and oxygen atoms in total. The first-order valence-corrected chi connectivity index (χ1v) is 6.63. The first-order chi connectivity index (χ1) is 10.7. The molecule has 6 heteroatoms. The van der Waals surface area contributed by atoms with Crippen molar-refractivity contribution in [3.05, 3.63) is 66.1 Å². The topological polar surface area (TPSA) is 91.2 Å². The third-order valence-electron chi connectivity index (χ3n) is 3.00. The second-order valence-electron chi connectivity index (χ2n) is 4.53. The second kappa shape index (κ2) is 6.09. The number of ether oxygens (including phenoxy) is 1. The van der Waals surface area contributed by atoms with Crippen LogP contribution in [0.25, 0.3) is 11.4 Å². The molecule has 0 saturated heterocycles. The number of rotatable bonds is 5. The highest BCUT2D eigenvalue weighted by atomic mass is 16.5. The number of hydrogen-bond acceptors (Lipinski definition) is 5. The van der Waals surface area contributed by atoms with E-state index < -0.39 is 5.91 Å². The molecule has 0 unspecified atom stereocenters. The van der Waals surface area contributed by atoms with Crippen molar-refractivity contribution in [1.29, 1.82) is 0 Å². The highest BCUT2D eigenvalue weighted by Crippen LogP contribution is 2.19. The Balaban J connectivity index is 1.73.